The average Bonchev–Trinajstić information content (AvgIpc) is 2.94. The van der Waals surface area contributed by atoms with Gasteiger partial charge in [-0.15, -0.1) is 0 Å². The maximum Gasteiger partial charge on any atom is 0.299 e. The van der Waals surface area contributed by atoms with E-state index in [1.807, 2.05) is 31.2 Å². The van der Waals surface area contributed by atoms with Crippen LogP contribution in [0.1, 0.15) is 22.3 Å². The minimum atomic E-state index is 0.451. The van der Waals surface area contributed by atoms with Gasteiger partial charge in [-0.3, -0.25) is 0 Å². The molecule has 0 radical (unpaired) electrons. The van der Waals surface area contributed by atoms with E-state index in [0.717, 1.165) is 16.8 Å². The Morgan fingerprint density at radius 2 is 1.78 bits per heavy atom. The van der Waals surface area contributed by atoms with E-state index < -0.39 is 0 Å². The third-order valence-corrected chi connectivity index (χ3v) is 3.61. The lowest BCUT2D eigenvalue weighted by Crippen LogP contribution is -1.91. The van der Waals surface area contributed by atoms with Crippen LogP contribution in [0.15, 0.2) is 47.0 Å². The predicted octanol–water partition coefficient (Wildman–Crippen LogP) is 4.88. The van der Waals surface area contributed by atoms with Crippen LogP contribution in [0.2, 0.25) is 0 Å². The largest absolute Gasteiger partial charge is 0.423 e. The highest BCUT2D eigenvalue weighted by Crippen LogP contribution is 2.26. The molecule has 3 aromatic rings. The molecule has 0 amide bonds. The van der Waals surface area contributed by atoms with Gasteiger partial charge in [-0.1, -0.05) is 6.07 Å². The third-order valence-electron chi connectivity index (χ3n) is 3.61. The van der Waals surface area contributed by atoms with Crippen molar-refractivity contribution in [3.05, 3.63) is 64.8 Å². The van der Waals surface area contributed by atoms with Gasteiger partial charge in [-0.05, 0) is 67.8 Å². The summed E-state index contributed by atoms with van der Waals surface area (Å²) in [4.78, 5) is 4.28. The van der Waals surface area contributed by atoms with Gasteiger partial charge in [-0.25, -0.2) is 4.98 Å². The second-order valence-corrected chi connectivity index (χ2v) is 5.67. The van der Waals surface area contributed by atoms with E-state index in [2.05, 4.69) is 36.3 Å². The zero-order valence-corrected chi connectivity index (χ0v) is 13.3. The first-order valence-corrected chi connectivity index (χ1v) is 7.37. The number of benzene rings is 2. The summed E-state index contributed by atoms with van der Waals surface area (Å²) in [5, 5.41) is 12.2. The van der Waals surface area contributed by atoms with E-state index in [9.17, 15) is 0 Å². The Morgan fingerprint density at radius 3 is 2.43 bits per heavy atom. The number of nitrogens with one attached hydrogen (secondary N) is 1. The molecule has 0 aliphatic carbocycles. The van der Waals surface area contributed by atoms with Crippen LogP contribution >= 0.6 is 0 Å². The zero-order valence-electron chi connectivity index (χ0n) is 13.3. The molecule has 0 spiro atoms. The molecule has 3 rings (SSSR count). The molecule has 0 saturated heterocycles. The van der Waals surface area contributed by atoms with Crippen molar-refractivity contribution in [2.75, 3.05) is 5.32 Å². The molecular weight excluding hydrogens is 286 g/mol. The summed E-state index contributed by atoms with van der Waals surface area (Å²) < 4.78 is 5.78. The van der Waals surface area contributed by atoms with E-state index in [1.54, 1.807) is 12.3 Å². The third kappa shape index (κ3) is 3.24. The van der Waals surface area contributed by atoms with Crippen LogP contribution in [0.4, 0.5) is 11.7 Å². The van der Waals surface area contributed by atoms with Crippen molar-refractivity contribution >= 4 is 11.7 Å². The van der Waals surface area contributed by atoms with E-state index in [1.165, 1.54) is 11.1 Å². The highest BCUT2D eigenvalue weighted by Gasteiger charge is 2.08. The summed E-state index contributed by atoms with van der Waals surface area (Å²) in [6.45, 7) is 6.02. The second kappa shape index (κ2) is 5.98. The lowest BCUT2D eigenvalue weighted by molar-refractivity contribution is 0.592. The number of hydrogen-bond donors (Lipinski definition) is 1. The van der Waals surface area contributed by atoms with Crippen LogP contribution in [0.3, 0.4) is 0 Å². The van der Waals surface area contributed by atoms with Gasteiger partial charge >= 0.3 is 0 Å². The van der Waals surface area contributed by atoms with Crippen molar-refractivity contribution in [2.24, 2.45) is 0 Å². The summed E-state index contributed by atoms with van der Waals surface area (Å²) >= 11 is 0. The topological polar surface area (TPSA) is 61.9 Å². The second-order valence-electron chi connectivity index (χ2n) is 5.67. The smallest absolute Gasteiger partial charge is 0.299 e. The molecule has 1 N–H and O–H groups in total. The quantitative estimate of drug-likeness (QED) is 0.749. The minimum Gasteiger partial charge on any atom is -0.423 e. The van der Waals surface area contributed by atoms with Gasteiger partial charge < -0.3 is 9.73 Å². The van der Waals surface area contributed by atoms with Crippen LogP contribution in [-0.2, 0) is 0 Å². The number of anilines is 2. The van der Waals surface area contributed by atoms with Crippen LogP contribution < -0.4 is 5.32 Å². The van der Waals surface area contributed by atoms with Crippen molar-refractivity contribution < 1.29 is 4.42 Å². The fourth-order valence-electron chi connectivity index (χ4n) is 2.58. The summed E-state index contributed by atoms with van der Waals surface area (Å²) in [5.74, 6) is 0.671. The highest BCUT2D eigenvalue weighted by molar-refractivity contribution is 5.62. The lowest BCUT2D eigenvalue weighted by Gasteiger charge is -2.05. The van der Waals surface area contributed by atoms with E-state index in [-0.39, 0.29) is 0 Å². The first-order valence-electron chi connectivity index (χ1n) is 7.37. The molecule has 0 saturated carbocycles. The zero-order chi connectivity index (χ0) is 16.4. The maximum atomic E-state index is 9.00. The van der Waals surface area contributed by atoms with Gasteiger partial charge in [0.15, 0.2) is 5.76 Å². The summed E-state index contributed by atoms with van der Waals surface area (Å²) in [5.41, 5.74) is 5.81. The van der Waals surface area contributed by atoms with E-state index in [4.69, 9.17) is 9.68 Å². The fraction of sp³-hybridized carbons (Fsp3) is 0.158. The fourth-order valence-corrected chi connectivity index (χ4v) is 2.58. The number of nitrogens with zero attached hydrogens (tertiary/aromatic N) is 2. The molecule has 1 heterocycles. The SMILES string of the molecule is Cc1cc(C)cc(Nc2ncc(-c3ccc(C#N)c(C)c3)o2)c1. The van der Waals surface area contributed by atoms with Crippen LogP contribution in [-0.4, -0.2) is 4.98 Å². The Labute approximate surface area is 135 Å². The Balaban J connectivity index is 1.86. The monoisotopic (exact) mass is 303 g/mol. The van der Waals surface area contributed by atoms with Crippen molar-refractivity contribution in [1.82, 2.24) is 4.98 Å². The molecule has 4 nitrogen and oxygen atoms in total. The molecule has 0 unspecified atom stereocenters. The Morgan fingerprint density at radius 1 is 1.04 bits per heavy atom. The molecular formula is C19H17N3O. The lowest BCUT2D eigenvalue weighted by atomic mass is 10.1. The first kappa shape index (κ1) is 14.9. The van der Waals surface area contributed by atoms with E-state index in [0.29, 0.717) is 17.3 Å². The van der Waals surface area contributed by atoms with Crippen molar-refractivity contribution in [2.45, 2.75) is 20.8 Å². The Kier molecular flexibility index (Phi) is 3.86. The van der Waals surface area contributed by atoms with Gasteiger partial charge in [0.2, 0.25) is 0 Å². The van der Waals surface area contributed by atoms with Gasteiger partial charge in [0.05, 0.1) is 17.8 Å². The van der Waals surface area contributed by atoms with Crippen molar-refractivity contribution in [1.29, 1.82) is 5.26 Å². The van der Waals surface area contributed by atoms with Crippen molar-refractivity contribution in [3.63, 3.8) is 0 Å². The van der Waals surface area contributed by atoms with Crippen LogP contribution in [0.25, 0.3) is 11.3 Å². The highest BCUT2D eigenvalue weighted by atomic mass is 16.4. The molecule has 4 heteroatoms. The minimum absolute atomic E-state index is 0.451. The van der Waals surface area contributed by atoms with Gasteiger partial charge in [0.25, 0.3) is 6.01 Å². The first-order chi connectivity index (χ1) is 11.0. The van der Waals surface area contributed by atoms with Gasteiger partial charge in [0, 0.05) is 11.3 Å². The summed E-state index contributed by atoms with van der Waals surface area (Å²) in [6, 6.07) is 14.4. The molecule has 1 aromatic heterocycles. The molecule has 0 aliphatic rings. The van der Waals surface area contributed by atoms with Crippen LogP contribution in [0.5, 0.6) is 0 Å². The Bertz CT molecular complexity index is 883. The van der Waals surface area contributed by atoms with E-state index >= 15 is 0 Å². The summed E-state index contributed by atoms with van der Waals surface area (Å²) in [7, 11) is 0. The molecule has 0 fully saturated rings. The normalized spacial score (nSPS) is 10.3. The number of rotatable bonds is 3. The maximum absolute atomic E-state index is 9.00. The van der Waals surface area contributed by atoms with Crippen LogP contribution in [0, 0.1) is 32.1 Å². The average molecular weight is 303 g/mol. The number of nitriles is 1. The van der Waals surface area contributed by atoms with Crippen molar-refractivity contribution in [3.8, 4) is 17.4 Å². The molecule has 0 atom stereocenters. The van der Waals surface area contributed by atoms with Gasteiger partial charge in [-0.2, -0.15) is 5.26 Å². The number of hydrogen-bond acceptors (Lipinski definition) is 4. The number of aryl methyl sites for hydroxylation is 3. The standard InChI is InChI=1S/C19H17N3O/c1-12-6-13(2)8-17(7-12)22-19-21-11-18(23-19)15-4-5-16(10-20)14(3)9-15/h4-9,11H,1-3H3,(H,21,22). The Hall–Kier alpha value is -3.06. The molecule has 0 bridgehead atoms. The molecule has 23 heavy (non-hydrogen) atoms. The molecule has 2 aromatic carbocycles. The number of aromatic nitrogens is 1. The molecule has 114 valence electrons. The molecule has 0 aliphatic heterocycles. The predicted molar refractivity (Wildman–Crippen MR) is 90.6 cm³/mol. The van der Waals surface area contributed by atoms with Gasteiger partial charge in [0.1, 0.15) is 0 Å². The number of oxazole rings is 1. The summed E-state index contributed by atoms with van der Waals surface area (Å²) in [6.07, 6.45) is 1.69.